The molecule has 0 aliphatic heterocycles. The highest BCUT2D eigenvalue weighted by atomic mass is 32.1. The van der Waals surface area contributed by atoms with Gasteiger partial charge in [0.25, 0.3) is 5.56 Å². The van der Waals surface area contributed by atoms with Crippen LogP contribution in [0.3, 0.4) is 0 Å². The van der Waals surface area contributed by atoms with E-state index in [1.165, 1.54) is 28.1 Å². The molecule has 5 nitrogen and oxygen atoms in total. The molecule has 2 aromatic heterocycles. The molecule has 0 amide bonds. The highest BCUT2D eigenvalue weighted by Gasteiger charge is 2.08. The first kappa shape index (κ1) is 10.9. The van der Waals surface area contributed by atoms with E-state index < -0.39 is 0 Å². The number of aromatic nitrogens is 3. The zero-order valence-corrected chi connectivity index (χ0v) is 10.3. The average Bonchev–Trinajstić information content (AvgIpc) is 2.84. The largest absolute Gasteiger partial charge is 0.497 e. The summed E-state index contributed by atoms with van der Waals surface area (Å²) in [6, 6.07) is 8.92. The molecule has 3 rings (SSSR count). The predicted molar refractivity (Wildman–Crippen MR) is 69.1 cm³/mol. The molecule has 3 aromatic rings. The lowest BCUT2D eigenvalue weighted by Gasteiger charge is -1.99. The predicted octanol–water partition coefficient (Wildman–Crippen LogP) is 1.83. The molecule has 0 saturated heterocycles. The monoisotopic (exact) mass is 259 g/mol. The van der Waals surface area contributed by atoms with Gasteiger partial charge in [0.05, 0.1) is 7.11 Å². The third kappa shape index (κ3) is 1.76. The lowest BCUT2D eigenvalue weighted by molar-refractivity contribution is 0.415. The van der Waals surface area contributed by atoms with Gasteiger partial charge in [0.1, 0.15) is 10.8 Å². The van der Waals surface area contributed by atoms with Gasteiger partial charge in [-0.1, -0.05) is 11.3 Å². The molecule has 0 aliphatic carbocycles. The Labute approximate surface area is 106 Å². The summed E-state index contributed by atoms with van der Waals surface area (Å²) in [5.74, 6) is 0.787. The molecule has 0 N–H and O–H groups in total. The smallest absolute Gasteiger partial charge is 0.275 e. The minimum atomic E-state index is -0.170. The number of ether oxygens (including phenoxy) is 1. The second-order valence-electron chi connectivity index (χ2n) is 3.61. The maximum atomic E-state index is 11.6. The molecule has 2 heterocycles. The molecule has 0 aliphatic rings. The quantitative estimate of drug-likeness (QED) is 0.704. The summed E-state index contributed by atoms with van der Waals surface area (Å²) in [7, 11) is 1.62. The Morgan fingerprint density at radius 2 is 2.00 bits per heavy atom. The van der Waals surface area contributed by atoms with Crippen LogP contribution in [0.1, 0.15) is 0 Å². The Hall–Kier alpha value is -2.21. The van der Waals surface area contributed by atoms with Crippen molar-refractivity contribution in [1.29, 1.82) is 0 Å². The number of fused-ring (bicyclic) bond motifs is 1. The Balaban J connectivity index is 2.13. The minimum absolute atomic E-state index is 0.170. The first-order chi connectivity index (χ1) is 8.78. The van der Waals surface area contributed by atoms with E-state index >= 15 is 0 Å². The second-order valence-corrected chi connectivity index (χ2v) is 4.57. The highest BCUT2D eigenvalue weighted by molar-refractivity contribution is 7.19. The molecule has 0 bridgehead atoms. The molecule has 0 fully saturated rings. The van der Waals surface area contributed by atoms with Gasteiger partial charge in [-0.05, 0) is 24.3 Å². The standard InChI is InChI=1S/C12H9N3O2S/c1-17-9-4-2-8(3-5-9)11-14-15-10(16)6-7-13-12(15)18-11/h2-7H,1H3. The van der Waals surface area contributed by atoms with Crippen LogP contribution in [-0.4, -0.2) is 21.7 Å². The zero-order valence-electron chi connectivity index (χ0n) is 9.53. The highest BCUT2D eigenvalue weighted by Crippen LogP contribution is 2.25. The molecule has 0 unspecified atom stereocenters. The van der Waals surface area contributed by atoms with Crippen LogP contribution in [0.15, 0.2) is 41.3 Å². The van der Waals surface area contributed by atoms with E-state index in [4.69, 9.17) is 4.74 Å². The average molecular weight is 259 g/mol. The van der Waals surface area contributed by atoms with E-state index in [9.17, 15) is 4.79 Å². The Morgan fingerprint density at radius 1 is 1.22 bits per heavy atom. The third-order valence-electron chi connectivity index (χ3n) is 2.51. The molecular weight excluding hydrogens is 250 g/mol. The van der Waals surface area contributed by atoms with Gasteiger partial charge >= 0.3 is 0 Å². The van der Waals surface area contributed by atoms with Gasteiger partial charge in [-0.25, -0.2) is 4.98 Å². The van der Waals surface area contributed by atoms with Crippen molar-refractivity contribution in [1.82, 2.24) is 14.6 Å². The van der Waals surface area contributed by atoms with Crippen molar-refractivity contribution < 1.29 is 4.74 Å². The zero-order chi connectivity index (χ0) is 12.5. The van der Waals surface area contributed by atoms with Gasteiger partial charge in [-0.15, -0.1) is 0 Å². The van der Waals surface area contributed by atoms with Crippen molar-refractivity contribution >= 4 is 16.3 Å². The van der Waals surface area contributed by atoms with Crippen LogP contribution in [-0.2, 0) is 0 Å². The molecule has 0 spiro atoms. The number of nitrogens with zero attached hydrogens (tertiary/aromatic N) is 3. The molecule has 0 saturated carbocycles. The summed E-state index contributed by atoms with van der Waals surface area (Å²) >= 11 is 1.38. The third-order valence-corrected chi connectivity index (χ3v) is 3.48. The van der Waals surface area contributed by atoms with Gasteiger partial charge in [0, 0.05) is 17.8 Å². The van der Waals surface area contributed by atoms with Crippen molar-refractivity contribution in [3.8, 4) is 16.3 Å². The molecule has 0 radical (unpaired) electrons. The van der Waals surface area contributed by atoms with Gasteiger partial charge in [-0.2, -0.15) is 9.61 Å². The van der Waals surface area contributed by atoms with Crippen LogP contribution in [0.2, 0.25) is 0 Å². The number of hydrogen-bond donors (Lipinski definition) is 0. The van der Waals surface area contributed by atoms with Gasteiger partial charge in [0.15, 0.2) is 0 Å². The van der Waals surface area contributed by atoms with Crippen molar-refractivity contribution in [2.45, 2.75) is 0 Å². The summed E-state index contributed by atoms with van der Waals surface area (Å²) in [6.07, 6.45) is 1.49. The number of rotatable bonds is 2. The summed E-state index contributed by atoms with van der Waals surface area (Å²) in [4.78, 5) is 16.3. The normalized spacial score (nSPS) is 10.7. The van der Waals surface area contributed by atoms with Crippen molar-refractivity contribution in [2.75, 3.05) is 7.11 Å². The van der Waals surface area contributed by atoms with Crippen LogP contribution in [0.25, 0.3) is 15.5 Å². The van der Waals surface area contributed by atoms with Crippen LogP contribution >= 0.6 is 11.3 Å². The van der Waals surface area contributed by atoms with E-state index in [0.717, 1.165) is 16.3 Å². The fourth-order valence-corrected chi connectivity index (χ4v) is 2.47. The van der Waals surface area contributed by atoms with E-state index in [1.54, 1.807) is 7.11 Å². The minimum Gasteiger partial charge on any atom is -0.497 e. The topological polar surface area (TPSA) is 56.5 Å². The van der Waals surface area contributed by atoms with E-state index in [1.807, 2.05) is 24.3 Å². The summed E-state index contributed by atoms with van der Waals surface area (Å²) in [5.41, 5.74) is 0.765. The Bertz CT molecular complexity index is 746. The van der Waals surface area contributed by atoms with Crippen LogP contribution in [0.4, 0.5) is 0 Å². The first-order valence-corrected chi connectivity index (χ1v) is 6.09. The number of benzene rings is 1. The second kappa shape index (κ2) is 4.23. The van der Waals surface area contributed by atoms with E-state index in [2.05, 4.69) is 10.1 Å². The lowest BCUT2D eigenvalue weighted by atomic mass is 10.2. The first-order valence-electron chi connectivity index (χ1n) is 5.27. The maximum Gasteiger partial charge on any atom is 0.275 e. The van der Waals surface area contributed by atoms with Crippen LogP contribution in [0, 0.1) is 0 Å². The van der Waals surface area contributed by atoms with Crippen LogP contribution in [0.5, 0.6) is 5.75 Å². The summed E-state index contributed by atoms with van der Waals surface area (Å²) in [5, 5.41) is 5.02. The van der Waals surface area contributed by atoms with E-state index in [-0.39, 0.29) is 5.56 Å². The van der Waals surface area contributed by atoms with Crippen molar-refractivity contribution in [3.63, 3.8) is 0 Å². The SMILES string of the molecule is COc1ccc(-c2nn3c(=O)ccnc3s2)cc1. The summed E-state index contributed by atoms with van der Waals surface area (Å²) in [6.45, 7) is 0. The van der Waals surface area contributed by atoms with Gasteiger partial charge < -0.3 is 4.74 Å². The van der Waals surface area contributed by atoms with Crippen molar-refractivity contribution in [3.05, 3.63) is 46.9 Å². The molecule has 6 heteroatoms. The fourth-order valence-electron chi connectivity index (χ4n) is 1.59. The molecule has 18 heavy (non-hydrogen) atoms. The molecular formula is C12H9N3O2S. The fraction of sp³-hybridized carbons (Fsp3) is 0.0833. The Morgan fingerprint density at radius 3 is 2.67 bits per heavy atom. The Kier molecular flexibility index (Phi) is 2.56. The van der Waals surface area contributed by atoms with Gasteiger partial charge in [-0.3, -0.25) is 4.79 Å². The lowest BCUT2D eigenvalue weighted by Crippen LogP contribution is -2.12. The molecule has 1 aromatic carbocycles. The molecule has 90 valence electrons. The summed E-state index contributed by atoms with van der Waals surface area (Å²) < 4.78 is 6.41. The van der Waals surface area contributed by atoms with Crippen molar-refractivity contribution in [2.24, 2.45) is 0 Å². The molecule has 0 atom stereocenters. The van der Waals surface area contributed by atoms with Crippen LogP contribution < -0.4 is 10.3 Å². The van der Waals surface area contributed by atoms with Gasteiger partial charge in [0.2, 0.25) is 4.96 Å². The van der Waals surface area contributed by atoms with E-state index in [0.29, 0.717) is 4.96 Å². The maximum absolute atomic E-state index is 11.6. The number of methoxy groups -OCH3 is 1. The number of hydrogen-bond acceptors (Lipinski definition) is 5.